The molecule has 0 aromatic carbocycles. The molecular weight excluding hydrogens is 404 g/mol. The molecule has 8 nitrogen and oxygen atoms in total. The monoisotopic (exact) mass is 428 g/mol. The molecule has 1 amide bonds. The number of carbonyl (C=O) groups is 2. The van der Waals surface area contributed by atoms with E-state index in [4.69, 9.17) is 4.74 Å². The first kappa shape index (κ1) is 20.9. The Kier molecular flexibility index (Phi) is 6.82. The van der Waals surface area contributed by atoms with Gasteiger partial charge in [-0.2, -0.15) is 4.73 Å². The molecule has 154 valence electrons. The van der Waals surface area contributed by atoms with Crippen LogP contribution in [0, 0.1) is 5.21 Å². The molecule has 1 aliphatic carbocycles. The molecule has 0 spiro atoms. The average Bonchev–Trinajstić information content (AvgIpc) is 3.29. The Hall–Kier alpha value is -1.81. The Balaban J connectivity index is 1.54. The summed E-state index contributed by atoms with van der Waals surface area (Å²) in [4.78, 5) is 26.4. The first-order valence-corrected chi connectivity index (χ1v) is 12.1. The van der Waals surface area contributed by atoms with E-state index in [0.717, 1.165) is 37.4 Å². The number of aromatic nitrogens is 1. The molecule has 1 aliphatic heterocycles. The number of amides is 1. The van der Waals surface area contributed by atoms with Gasteiger partial charge in [-0.15, -0.1) is 0 Å². The van der Waals surface area contributed by atoms with Crippen LogP contribution in [0.15, 0.2) is 29.4 Å². The van der Waals surface area contributed by atoms with Crippen LogP contribution in [0.4, 0.5) is 0 Å². The molecule has 3 rings (SSSR count). The molecule has 28 heavy (non-hydrogen) atoms. The van der Waals surface area contributed by atoms with E-state index < -0.39 is 22.4 Å². The average molecular weight is 429 g/mol. The Morgan fingerprint density at radius 2 is 1.96 bits per heavy atom. The zero-order valence-electron chi connectivity index (χ0n) is 15.5. The molecule has 0 bridgehead atoms. The molecule has 1 aromatic heterocycles. The van der Waals surface area contributed by atoms with E-state index in [0.29, 0.717) is 16.2 Å². The largest absolute Gasteiger partial charge is 0.618 e. The molecular formula is C18H24N2O6S2. The molecule has 2 heterocycles. The SMILES string of the molecule is O=C(CSc1cccc[n+]1[O-])OCC(=O)N(C1CCCC1)C1CCS(=O)(=O)C1. The van der Waals surface area contributed by atoms with Crippen LogP contribution < -0.4 is 4.73 Å². The third kappa shape index (κ3) is 5.38. The highest BCUT2D eigenvalue weighted by Gasteiger charge is 2.39. The first-order chi connectivity index (χ1) is 13.4. The summed E-state index contributed by atoms with van der Waals surface area (Å²) >= 11 is 1.04. The number of esters is 1. The second-order valence-corrected chi connectivity index (χ2v) is 10.3. The maximum absolute atomic E-state index is 12.8. The van der Waals surface area contributed by atoms with E-state index in [2.05, 4.69) is 0 Å². The maximum Gasteiger partial charge on any atom is 0.317 e. The predicted molar refractivity (Wildman–Crippen MR) is 103 cm³/mol. The van der Waals surface area contributed by atoms with Crippen molar-refractivity contribution in [1.29, 1.82) is 0 Å². The highest BCUT2D eigenvalue weighted by Crippen LogP contribution is 2.29. The number of sulfone groups is 1. The maximum atomic E-state index is 12.8. The quantitative estimate of drug-likeness (QED) is 0.275. The molecule has 0 radical (unpaired) electrons. The number of hydrogen-bond donors (Lipinski definition) is 0. The lowest BCUT2D eigenvalue weighted by atomic mass is 10.1. The fourth-order valence-corrected chi connectivity index (χ4v) is 6.22. The van der Waals surface area contributed by atoms with Crippen molar-refractivity contribution >= 4 is 33.5 Å². The van der Waals surface area contributed by atoms with Gasteiger partial charge >= 0.3 is 5.97 Å². The van der Waals surface area contributed by atoms with Gasteiger partial charge < -0.3 is 14.8 Å². The van der Waals surface area contributed by atoms with Crippen molar-refractivity contribution < 1.29 is 27.5 Å². The minimum atomic E-state index is -3.12. The van der Waals surface area contributed by atoms with Gasteiger partial charge in [0.2, 0.25) is 0 Å². The van der Waals surface area contributed by atoms with Crippen molar-refractivity contribution in [2.75, 3.05) is 23.9 Å². The third-order valence-corrected chi connectivity index (χ3v) is 7.83. The van der Waals surface area contributed by atoms with Gasteiger partial charge in [0.25, 0.3) is 10.9 Å². The molecule has 2 fully saturated rings. The highest BCUT2D eigenvalue weighted by molar-refractivity contribution is 7.99. The number of nitrogens with zero attached hydrogens (tertiary/aromatic N) is 2. The van der Waals surface area contributed by atoms with E-state index >= 15 is 0 Å². The van der Waals surface area contributed by atoms with Crippen molar-refractivity contribution in [2.45, 2.75) is 49.2 Å². The lowest BCUT2D eigenvalue weighted by molar-refractivity contribution is -0.645. The predicted octanol–water partition coefficient (Wildman–Crippen LogP) is 0.914. The van der Waals surface area contributed by atoms with Crippen LogP contribution in [0.2, 0.25) is 0 Å². The van der Waals surface area contributed by atoms with Gasteiger partial charge in [-0.25, -0.2) is 8.42 Å². The Morgan fingerprint density at radius 3 is 2.61 bits per heavy atom. The van der Waals surface area contributed by atoms with Crippen LogP contribution in [0.1, 0.15) is 32.1 Å². The molecule has 1 unspecified atom stereocenters. The zero-order valence-corrected chi connectivity index (χ0v) is 17.1. The number of carbonyl (C=O) groups excluding carboxylic acids is 2. The van der Waals surface area contributed by atoms with Crippen LogP contribution in [0.25, 0.3) is 0 Å². The van der Waals surface area contributed by atoms with Gasteiger partial charge in [0, 0.05) is 24.2 Å². The van der Waals surface area contributed by atoms with E-state index in [1.54, 1.807) is 23.1 Å². The zero-order chi connectivity index (χ0) is 20.1. The fourth-order valence-electron chi connectivity index (χ4n) is 3.80. The van der Waals surface area contributed by atoms with Crippen LogP contribution in [0.3, 0.4) is 0 Å². The van der Waals surface area contributed by atoms with Crippen molar-refractivity contribution in [2.24, 2.45) is 0 Å². The van der Waals surface area contributed by atoms with Gasteiger partial charge in [0.05, 0.1) is 11.5 Å². The molecule has 10 heteroatoms. The van der Waals surface area contributed by atoms with Crippen LogP contribution in [0.5, 0.6) is 0 Å². The fraction of sp³-hybridized carbons (Fsp3) is 0.611. The van der Waals surface area contributed by atoms with Crippen LogP contribution in [-0.4, -0.2) is 61.1 Å². The number of hydrogen-bond acceptors (Lipinski definition) is 7. The smallest absolute Gasteiger partial charge is 0.317 e. The third-order valence-electron chi connectivity index (χ3n) is 5.09. The van der Waals surface area contributed by atoms with Gasteiger partial charge in [-0.05, 0) is 37.1 Å². The number of rotatable bonds is 7. The molecule has 0 N–H and O–H groups in total. The lowest BCUT2D eigenvalue weighted by Crippen LogP contribution is -2.48. The summed E-state index contributed by atoms with van der Waals surface area (Å²) in [5.41, 5.74) is 0. The minimum Gasteiger partial charge on any atom is -0.618 e. The van der Waals surface area contributed by atoms with E-state index in [9.17, 15) is 23.2 Å². The summed E-state index contributed by atoms with van der Waals surface area (Å²) in [7, 11) is -3.12. The standard InChI is InChI=1S/C18H24N2O6S2/c21-16(11-26-18(22)12-27-17-7-3-4-9-19(17)23)20(14-5-1-2-6-14)15-8-10-28(24,25)13-15/h3-4,7,9,14-15H,1-2,5-6,8,10-13H2. The van der Waals surface area contributed by atoms with Gasteiger partial charge in [0.15, 0.2) is 22.6 Å². The summed E-state index contributed by atoms with van der Waals surface area (Å²) in [5, 5.41) is 11.9. The Bertz CT molecular complexity index is 823. The van der Waals surface area contributed by atoms with Crippen molar-refractivity contribution in [3.63, 3.8) is 0 Å². The summed E-state index contributed by atoms with van der Waals surface area (Å²) in [6.45, 7) is -0.404. The van der Waals surface area contributed by atoms with Crippen molar-refractivity contribution in [3.8, 4) is 0 Å². The van der Waals surface area contributed by atoms with E-state index in [1.165, 1.54) is 6.20 Å². The van der Waals surface area contributed by atoms with E-state index in [-0.39, 0.29) is 35.2 Å². The topological polar surface area (TPSA) is 108 Å². The first-order valence-electron chi connectivity index (χ1n) is 9.34. The summed E-state index contributed by atoms with van der Waals surface area (Å²) in [6, 6.07) is 4.56. The normalized spacial score (nSPS) is 21.5. The second kappa shape index (κ2) is 9.13. The number of ether oxygens (including phenoxy) is 1. The minimum absolute atomic E-state index is 0.0163. The highest BCUT2D eigenvalue weighted by atomic mass is 32.2. The van der Waals surface area contributed by atoms with Gasteiger partial charge in [-0.3, -0.25) is 9.59 Å². The second-order valence-electron chi connectivity index (χ2n) is 7.11. The lowest BCUT2D eigenvalue weighted by Gasteiger charge is -2.33. The molecule has 1 saturated carbocycles. The Labute approximate surface area is 168 Å². The van der Waals surface area contributed by atoms with E-state index in [1.807, 2.05) is 0 Å². The van der Waals surface area contributed by atoms with Crippen molar-refractivity contribution in [1.82, 2.24) is 4.90 Å². The van der Waals surface area contributed by atoms with Crippen molar-refractivity contribution in [3.05, 3.63) is 29.6 Å². The summed E-state index contributed by atoms with van der Waals surface area (Å²) < 4.78 is 29.4. The molecule has 1 atom stereocenters. The molecule has 1 saturated heterocycles. The van der Waals surface area contributed by atoms with Gasteiger partial charge in [0.1, 0.15) is 5.75 Å². The number of pyridine rings is 1. The molecule has 2 aliphatic rings. The summed E-state index contributed by atoms with van der Waals surface area (Å²) in [6.07, 6.45) is 5.50. The number of thioether (sulfide) groups is 1. The van der Waals surface area contributed by atoms with Crippen LogP contribution in [-0.2, 0) is 24.2 Å². The summed E-state index contributed by atoms with van der Waals surface area (Å²) in [5.74, 6) is -0.938. The Morgan fingerprint density at radius 1 is 1.21 bits per heavy atom. The van der Waals surface area contributed by atoms with Gasteiger partial charge in [-0.1, -0.05) is 12.8 Å². The molecule has 1 aromatic rings. The van der Waals surface area contributed by atoms with Crippen LogP contribution >= 0.6 is 11.8 Å².